The Morgan fingerprint density at radius 2 is 1.81 bits per heavy atom. The van der Waals surface area contributed by atoms with E-state index in [4.69, 9.17) is 16.3 Å². The number of rotatable bonds is 5. The lowest BCUT2D eigenvalue weighted by Gasteiger charge is -2.11. The number of halogens is 1. The number of nitrogens with zero attached hydrogens (tertiary/aromatic N) is 1. The van der Waals surface area contributed by atoms with E-state index in [0.29, 0.717) is 10.8 Å². The van der Waals surface area contributed by atoms with Crippen LogP contribution in [-0.2, 0) is 4.79 Å². The quantitative estimate of drug-likeness (QED) is 0.614. The van der Waals surface area contributed by atoms with Gasteiger partial charge in [-0.2, -0.15) is 0 Å². The summed E-state index contributed by atoms with van der Waals surface area (Å²) in [4.78, 5) is 33.8. The number of hydrogen-bond acceptors (Lipinski definition) is 5. The molecule has 0 aromatic heterocycles. The lowest BCUT2D eigenvalue weighted by atomic mass is 10.1. The largest absolute Gasteiger partial charge is 0.484 e. The van der Waals surface area contributed by atoms with Gasteiger partial charge in [0.05, 0.1) is 4.92 Å². The molecule has 0 aliphatic heterocycles. The molecular weight excluding hydrogens is 362 g/mol. The number of ether oxygens (including phenoxy) is 1. The molecule has 26 heavy (non-hydrogen) atoms. The van der Waals surface area contributed by atoms with E-state index < -0.39 is 16.7 Å². The van der Waals surface area contributed by atoms with Crippen LogP contribution in [0.5, 0.6) is 5.75 Å². The molecule has 8 nitrogen and oxygen atoms in total. The zero-order valence-electron chi connectivity index (χ0n) is 14.0. The molecule has 0 heterocycles. The zero-order valence-corrected chi connectivity index (χ0v) is 14.8. The molecule has 0 bridgehead atoms. The van der Waals surface area contributed by atoms with Crippen LogP contribution in [0, 0.1) is 24.0 Å². The van der Waals surface area contributed by atoms with Gasteiger partial charge in [0.25, 0.3) is 17.5 Å². The predicted octanol–water partition coefficient (Wildman–Crippen LogP) is 2.71. The number of hydrazine groups is 1. The van der Waals surface area contributed by atoms with E-state index in [1.54, 1.807) is 12.1 Å². The van der Waals surface area contributed by atoms with E-state index in [1.807, 2.05) is 13.8 Å². The number of carbonyl (C=O) groups is 2. The molecule has 0 aliphatic carbocycles. The summed E-state index contributed by atoms with van der Waals surface area (Å²) < 4.78 is 5.36. The first kappa shape index (κ1) is 19.2. The van der Waals surface area contributed by atoms with Gasteiger partial charge in [0, 0.05) is 22.7 Å². The molecule has 0 spiro atoms. The topological polar surface area (TPSA) is 111 Å². The normalized spacial score (nSPS) is 10.1. The van der Waals surface area contributed by atoms with Gasteiger partial charge in [-0.15, -0.1) is 0 Å². The van der Waals surface area contributed by atoms with Crippen LogP contribution in [0.4, 0.5) is 5.69 Å². The summed E-state index contributed by atoms with van der Waals surface area (Å²) in [5.74, 6) is -0.793. The molecular formula is C17H16ClN3O5. The highest BCUT2D eigenvalue weighted by Crippen LogP contribution is 2.25. The van der Waals surface area contributed by atoms with Crippen LogP contribution >= 0.6 is 11.6 Å². The van der Waals surface area contributed by atoms with E-state index in [9.17, 15) is 19.7 Å². The third kappa shape index (κ3) is 4.93. The van der Waals surface area contributed by atoms with Crippen molar-refractivity contribution in [1.29, 1.82) is 0 Å². The van der Waals surface area contributed by atoms with E-state index in [2.05, 4.69) is 10.9 Å². The van der Waals surface area contributed by atoms with Gasteiger partial charge in [0.2, 0.25) is 0 Å². The summed E-state index contributed by atoms with van der Waals surface area (Å²) in [6, 6.07) is 8.54. The fourth-order valence-corrected chi connectivity index (χ4v) is 2.24. The highest BCUT2D eigenvalue weighted by molar-refractivity contribution is 6.32. The second kappa shape index (κ2) is 8.30. The van der Waals surface area contributed by atoms with E-state index in [1.165, 1.54) is 18.2 Å². The van der Waals surface area contributed by atoms with Crippen LogP contribution in [0.25, 0.3) is 0 Å². The number of nitro benzene ring substituents is 1. The lowest BCUT2D eigenvalue weighted by Crippen LogP contribution is -2.43. The maximum Gasteiger partial charge on any atom is 0.276 e. The molecule has 0 atom stereocenters. The summed E-state index contributed by atoms with van der Waals surface area (Å²) in [6.07, 6.45) is 0. The Kier molecular flexibility index (Phi) is 6.13. The van der Waals surface area contributed by atoms with Gasteiger partial charge in [0.1, 0.15) is 5.75 Å². The summed E-state index contributed by atoms with van der Waals surface area (Å²) >= 11 is 6.06. The first-order valence-corrected chi connectivity index (χ1v) is 7.89. The predicted molar refractivity (Wildman–Crippen MR) is 95.1 cm³/mol. The Morgan fingerprint density at radius 1 is 1.15 bits per heavy atom. The fraction of sp³-hybridized carbons (Fsp3) is 0.176. The number of nitrogens with one attached hydrogen (secondary N) is 2. The van der Waals surface area contributed by atoms with Crippen LogP contribution in [0.2, 0.25) is 5.02 Å². The minimum atomic E-state index is -0.680. The molecule has 2 aromatic rings. The second-order valence-electron chi connectivity index (χ2n) is 5.47. The van der Waals surface area contributed by atoms with Crippen molar-refractivity contribution in [2.24, 2.45) is 0 Å². The number of amides is 2. The SMILES string of the molecule is Cc1cc(OCC(=O)NNC(=O)c2cccc([N+](=O)[O-])c2)cc(C)c1Cl. The van der Waals surface area contributed by atoms with Gasteiger partial charge >= 0.3 is 0 Å². The Hall–Kier alpha value is -3.13. The first-order valence-electron chi connectivity index (χ1n) is 7.51. The van der Waals surface area contributed by atoms with Crippen molar-refractivity contribution in [3.63, 3.8) is 0 Å². The van der Waals surface area contributed by atoms with Gasteiger partial charge < -0.3 is 4.74 Å². The van der Waals surface area contributed by atoms with E-state index in [-0.39, 0.29) is 17.9 Å². The Morgan fingerprint density at radius 3 is 2.42 bits per heavy atom. The average Bonchev–Trinajstić information content (AvgIpc) is 2.62. The highest BCUT2D eigenvalue weighted by Gasteiger charge is 2.12. The number of carbonyl (C=O) groups excluding carboxylic acids is 2. The van der Waals surface area contributed by atoms with Crippen LogP contribution in [0.3, 0.4) is 0 Å². The lowest BCUT2D eigenvalue weighted by molar-refractivity contribution is -0.384. The molecule has 0 aliphatic rings. The minimum absolute atomic E-state index is 0.0457. The fourth-order valence-electron chi connectivity index (χ4n) is 2.13. The number of benzene rings is 2. The van der Waals surface area contributed by atoms with Gasteiger partial charge in [-0.3, -0.25) is 30.6 Å². The summed E-state index contributed by atoms with van der Waals surface area (Å²) in [5.41, 5.74) is 5.82. The highest BCUT2D eigenvalue weighted by atomic mass is 35.5. The standard InChI is InChI=1S/C17H16ClN3O5/c1-10-6-14(7-11(2)16(10)18)26-9-15(22)19-20-17(23)12-4-3-5-13(8-12)21(24)25/h3-8H,9H2,1-2H3,(H,19,22)(H,20,23). The minimum Gasteiger partial charge on any atom is -0.484 e. The molecule has 9 heteroatoms. The molecule has 2 rings (SSSR count). The summed E-state index contributed by atoms with van der Waals surface area (Å²) in [6.45, 7) is 3.32. The van der Waals surface area contributed by atoms with Crippen LogP contribution in [0.1, 0.15) is 21.5 Å². The third-order valence-electron chi connectivity index (χ3n) is 3.41. The van der Waals surface area contributed by atoms with Crippen molar-refractivity contribution in [3.8, 4) is 5.75 Å². The molecule has 136 valence electrons. The first-order chi connectivity index (χ1) is 12.3. The molecule has 0 saturated heterocycles. The average molecular weight is 378 g/mol. The van der Waals surface area contributed by atoms with Crippen molar-refractivity contribution in [2.45, 2.75) is 13.8 Å². The van der Waals surface area contributed by atoms with Crippen molar-refractivity contribution in [3.05, 3.63) is 68.2 Å². The molecule has 0 saturated carbocycles. The molecule has 2 amide bonds. The van der Waals surface area contributed by atoms with Gasteiger partial charge in [-0.1, -0.05) is 17.7 Å². The molecule has 2 aromatic carbocycles. The Labute approximate surface area is 154 Å². The van der Waals surface area contributed by atoms with Gasteiger partial charge in [-0.05, 0) is 43.2 Å². The number of non-ortho nitro benzene ring substituents is 1. The number of aryl methyl sites for hydroxylation is 2. The maximum absolute atomic E-state index is 11.9. The molecule has 0 fully saturated rings. The zero-order chi connectivity index (χ0) is 19.3. The Balaban J connectivity index is 1.88. The van der Waals surface area contributed by atoms with Crippen LogP contribution in [0.15, 0.2) is 36.4 Å². The van der Waals surface area contributed by atoms with Gasteiger partial charge in [0.15, 0.2) is 6.61 Å². The second-order valence-corrected chi connectivity index (χ2v) is 5.85. The molecule has 0 radical (unpaired) electrons. The summed E-state index contributed by atoms with van der Waals surface area (Å²) in [5, 5.41) is 11.3. The van der Waals surface area contributed by atoms with Crippen molar-refractivity contribution >= 4 is 29.1 Å². The molecule has 2 N–H and O–H groups in total. The third-order valence-corrected chi connectivity index (χ3v) is 4.01. The Bertz CT molecular complexity index is 846. The number of hydrogen-bond donors (Lipinski definition) is 2. The van der Waals surface area contributed by atoms with E-state index in [0.717, 1.165) is 17.2 Å². The smallest absolute Gasteiger partial charge is 0.276 e. The summed E-state index contributed by atoms with van der Waals surface area (Å²) in [7, 11) is 0. The maximum atomic E-state index is 11.9. The van der Waals surface area contributed by atoms with Crippen LogP contribution in [-0.4, -0.2) is 23.3 Å². The number of nitro groups is 1. The van der Waals surface area contributed by atoms with Crippen molar-refractivity contribution in [1.82, 2.24) is 10.9 Å². The molecule has 0 unspecified atom stereocenters. The monoisotopic (exact) mass is 377 g/mol. The van der Waals surface area contributed by atoms with Crippen molar-refractivity contribution in [2.75, 3.05) is 6.61 Å². The van der Waals surface area contributed by atoms with E-state index >= 15 is 0 Å². The van der Waals surface area contributed by atoms with Crippen LogP contribution < -0.4 is 15.6 Å². The van der Waals surface area contributed by atoms with Gasteiger partial charge in [-0.25, -0.2) is 0 Å². The van der Waals surface area contributed by atoms with Crippen molar-refractivity contribution < 1.29 is 19.2 Å².